The van der Waals surface area contributed by atoms with E-state index in [0.717, 1.165) is 5.56 Å². The summed E-state index contributed by atoms with van der Waals surface area (Å²) in [5.41, 5.74) is 2.72. The van der Waals surface area contributed by atoms with Crippen LogP contribution in [0.15, 0.2) is 52.9 Å². The number of nitrogens with one attached hydrogen (secondary N) is 1. The molecular formula is C17H14ClN3O2. The largest absolute Gasteiger partial charge is 0.407 e. The van der Waals surface area contributed by atoms with Crippen LogP contribution in [0.3, 0.4) is 0 Å². The molecule has 0 spiro atoms. The summed E-state index contributed by atoms with van der Waals surface area (Å²) in [6, 6.07) is 14.7. The molecule has 6 heteroatoms. The molecule has 0 saturated carbocycles. The average Bonchev–Trinajstić information content (AvgIpc) is 2.97. The second-order valence-corrected chi connectivity index (χ2v) is 5.56. The number of hydrogen-bond donors (Lipinski definition) is 1. The summed E-state index contributed by atoms with van der Waals surface area (Å²) in [7, 11) is 0. The zero-order chi connectivity index (χ0) is 16.2. The molecule has 1 N–H and O–H groups in total. The van der Waals surface area contributed by atoms with Gasteiger partial charge in [0.1, 0.15) is 0 Å². The molecule has 1 amide bonds. The van der Waals surface area contributed by atoms with E-state index in [1.807, 2.05) is 31.2 Å². The first kappa shape index (κ1) is 15.2. The summed E-state index contributed by atoms with van der Waals surface area (Å²) in [5.74, 6) is 0.118. The standard InChI is InChI=1S/C17H14ClN3O2/c1-11-2-4-12(5-3-11)10-15-20-21-17(23-15)19-16(22)13-6-8-14(18)9-7-13/h2-9H,10H2,1H3,(H,19,21,22). The number of halogens is 1. The normalized spacial score (nSPS) is 10.5. The lowest BCUT2D eigenvalue weighted by Gasteiger charge is -2.00. The van der Waals surface area contributed by atoms with Gasteiger partial charge in [-0.25, -0.2) is 0 Å². The maximum absolute atomic E-state index is 12.0. The van der Waals surface area contributed by atoms with Gasteiger partial charge in [-0.15, -0.1) is 5.10 Å². The number of aryl methyl sites for hydroxylation is 1. The first-order valence-electron chi connectivity index (χ1n) is 7.05. The van der Waals surface area contributed by atoms with Gasteiger partial charge in [0.2, 0.25) is 5.89 Å². The van der Waals surface area contributed by atoms with E-state index in [0.29, 0.717) is 22.9 Å². The highest BCUT2D eigenvalue weighted by molar-refractivity contribution is 6.30. The van der Waals surface area contributed by atoms with Gasteiger partial charge in [0.25, 0.3) is 5.91 Å². The Labute approximate surface area is 138 Å². The van der Waals surface area contributed by atoms with E-state index in [1.54, 1.807) is 24.3 Å². The van der Waals surface area contributed by atoms with Gasteiger partial charge in [-0.1, -0.05) is 46.5 Å². The van der Waals surface area contributed by atoms with Crippen LogP contribution in [0.5, 0.6) is 0 Å². The van der Waals surface area contributed by atoms with Crippen LogP contribution >= 0.6 is 11.6 Å². The summed E-state index contributed by atoms with van der Waals surface area (Å²) in [6.07, 6.45) is 0.518. The quantitative estimate of drug-likeness (QED) is 0.789. The van der Waals surface area contributed by atoms with E-state index < -0.39 is 0 Å². The SMILES string of the molecule is Cc1ccc(Cc2nnc(NC(=O)c3ccc(Cl)cc3)o2)cc1. The fourth-order valence-corrected chi connectivity index (χ4v) is 2.15. The van der Waals surface area contributed by atoms with Crippen LogP contribution in [-0.2, 0) is 6.42 Å². The lowest BCUT2D eigenvalue weighted by atomic mass is 10.1. The van der Waals surface area contributed by atoms with E-state index in [-0.39, 0.29) is 11.9 Å². The fourth-order valence-electron chi connectivity index (χ4n) is 2.03. The van der Waals surface area contributed by atoms with Gasteiger partial charge in [0, 0.05) is 10.6 Å². The molecular weight excluding hydrogens is 314 g/mol. The molecule has 0 radical (unpaired) electrons. The molecule has 1 aromatic heterocycles. The number of anilines is 1. The number of carbonyl (C=O) groups is 1. The van der Waals surface area contributed by atoms with Crippen molar-refractivity contribution in [2.45, 2.75) is 13.3 Å². The van der Waals surface area contributed by atoms with Gasteiger partial charge in [-0.2, -0.15) is 0 Å². The Balaban J connectivity index is 1.66. The summed E-state index contributed by atoms with van der Waals surface area (Å²) >= 11 is 5.79. The smallest absolute Gasteiger partial charge is 0.322 e. The maximum Gasteiger partial charge on any atom is 0.322 e. The zero-order valence-electron chi connectivity index (χ0n) is 12.4. The van der Waals surface area contributed by atoms with Gasteiger partial charge < -0.3 is 4.42 Å². The van der Waals surface area contributed by atoms with Crippen molar-refractivity contribution in [1.82, 2.24) is 10.2 Å². The predicted octanol–water partition coefficient (Wildman–Crippen LogP) is 3.87. The second kappa shape index (κ2) is 6.62. The number of carbonyl (C=O) groups excluding carboxylic acids is 1. The molecule has 23 heavy (non-hydrogen) atoms. The van der Waals surface area contributed by atoms with Crippen molar-refractivity contribution in [3.05, 3.63) is 76.1 Å². The van der Waals surface area contributed by atoms with Crippen LogP contribution in [0.25, 0.3) is 0 Å². The summed E-state index contributed by atoms with van der Waals surface area (Å²) in [6.45, 7) is 2.03. The van der Waals surface area contributed by atoms with Crippen molar-refractivity contribution < 1.29 is 9.21 Å². The van der Waals surface area contributed by atoms with Crippen LogP contribution < -0.4 is 5.32 Å². The monoisotopic (exact) mass is 327 g/mol. The molecule has 5 nitrogen and oxygen atoms in total. The number of hydrogen-bond acceptors (Lipinski definition) is 4. The van der Waals surface area contributed by atoms with Crippen molar-refractivity contribution in [2.75, 3.05) is 5.32 Å². The Bertz CT molecular complexity index is 811. The molecule has 0 fully saturated rings. The summed E-state index contributed by atoms with van der Waals surface area (Å²) in [4.78, 5) is 12.0. The topological polar surface area (TPSA) is 68.0 Å². The first-order valence-corrected chi connectivity index (χ1v) is 7.43. The van der Waals surface area contributed by atoms with Crippen LogP contribution in [-0.4, -0.2) is 16.1 Å². The van der Waals surface area contributed by atoms with Crippen molar-refractivity contribution in [1.29, 1.82) is 0 Å². The van der Waals surface area contributed by atoms with Crippen molar-refractivity contribution in [3.63, 3.8) is 0 Å². The number of aromatic nitrogens is 2. The minimum Gasteiger partial charge on any atom is -0.407 e. The molecule has 0 aliphatic heterocycles. The minimum absolute atomic E-state index is 0.0760. The molecule has 0 bridgehead atoms. The van der Waals surface area contributed by atoms with Gasteiger partial charge in [-0.05, 0) is 36.8 Å². The van der Waals surface area contributed by atoms with Crippen molar-refractivity contribution in [2.24, 2.45) is 0 Å². The molecule has 0 unspecified atom stereocenters. The van der Waals surface area contributed by atoms with E-state index in [1.165, 1.54) is 5.56 Å². The van der Waals surface area contributed by atoms with Crippen molar-refractivity contribution in [3.8, 4) is 0 Å². The summed E-state index contributed by atoms with van der Waals surface area (Å²) < 4.78 is 5.45. The number of rotatable bonds is 4. The molecule has 3 rings (SSSR count). The van der Waals surface area contributed by atoms with Crippen LogP contribution in [0.2, 0.25) is 5.02 Å². The lowest BCUT2D eigenvalue weighted by molar-refractivity contribution is 0.102. The first-order chi connectivity index (χ1) is 11.1. The Morgan fingerprint density at radius 2 is 1.78 bits per heavy atom. The van der Waals surface area contributed by atoms with Gasteiger partial charge in [-0.3, -0.25) is 10.1 Å². The minimum atomic E-state index is -0.327. The number of nitrogens with zero attached hydrogens (tertiary/aromatic N) is 2. The Hall–Kier alpha value is -2.66. The zero-order valence-corrected chi connectivity index (χ0v) is 13.2. The molecule has 2 aromatic carbocycles. The van der Waals surface area contributed by atoms with Gasteiger partial charge >= 0.3 is 6.01 Å². The molecule has 116 valence electrons. The molecule has 1 heterocycles. The Morgan fingerprint density at radius 1 is 1.09 bits per heavy atom. The van der Waals surface area contributed by atoms with Crippen LogP contribution in [0.4, 0.5) is 6.01 Å². The average molecular weight is 328 g/mol. The predicted molar refractivity (Wildman–Crippen MR) is 87.7 cm³/mol. The molecule has 0 saturated heterocycles. The van der Waals surface area contributed by atoms with E-state index in [4.69, 9.17) is 16.0 Å². The number of amides is 1. The Kier molecular flexibility index (Phi) is 4.39. The third-order valence-corrected chi connectivity index (χ3v) is 3.52. The third-order valence-electron chi connectivity index (χ3n) is 3.27. The number of benzene rings is 2. The highest BCUT2D eigenvalue weighted by Gasteiger charge is 2.12. The molecule has 0 atom stereocenters. The summed E-state index contributed by atoms with van der Waals surface area (Å²) in [5, 5.41) is 10.9. The highest BCUT2D eigenvalue weighted by atomic mass is 35.5. The van der Waals surface area contributed by atoms with Crippen molar-refractivity contribution >= 4 is 23.5 Å². The van der Waals surface area contributed by atoms with E-state index in [9.17, 15) is 4.79 Å². The fraction of sp³-hybridized carbons (Fsp3) is 0.118. The highest BCUT2D eigenvalue weighted by Crippen LogP contribution is 2.14. The van der Waals surface area contributed by atoms with E-state index in [2.05, 4.69) is 15.5 Å². The Morgan fingerprint density at radius 3 is 2.48 bits per heavy atom. The molecule has 0 aliphatic rings. The molecule has 0 aliphatic carbocycles. The van der Waals surface area contributed by atoms with Crippen LogP contribution in [0.1, 0.15) is 27.4 Å². The van der Waals surface area contributed by atoms with Gasteiger partial charge in [0.15, 0.2) is 0 Å². The lowest BCUT2D eigenvalue weighted by Crippen LogP contribution is -2.11. The molecule has 3 aromatic rings. The second-order valence-electron chi connectivity index (χ2n) is 5.12. The maximum atomic E-state index is 12.0. The van der Waals surface area contributed by atoms with Gasteiger partial charge in [0.05, 0.1) is 6.42 Å². The third kappa shape index (κ3) is 3.96. The van der Waals surface area contributed by atoms with E-state index >= 15 is 0 Å². The van der Waals surface area contributed by atoms with Crippen LogP contribution in [0, 0.1) is 6.92 Å².